The van der Waals surface area contributed by atoms with Crippen LogP contribution >= 0.6 is 11.3 Å². The van der Waals surface area contributed by atoms with Gasteiger partial charge in [0, 0.05) is 37.8 Å². The highest BCUT2D eigenvalue weighted by molar-refractivity contribution is 7.08. The summed E-state index contributed by atoms with van der Waals surface area (Å²) in [6.45, 7) is 3.22. The van der Waals surface area contributed by atoms with Crippen LogP contribution in [0.2, 0.25) is 0 Å². The molecule has 2 aliphatic heterocycles. The van der Waals surface area contributed by atoms with Crippen molar-refractivity contribution < 1.29 is 9.53 Å². The number of methoxy groups -OCH3 is 1. The number of likely N-dealkylation sites (tertiary alicyclic amines) is 1. The Labute approximate surface area is 163 Å². The molecule has 2 N–H and O–H groups in total. The van der Waals surface area contributed by atoms with E-state index in [0.717, 1.165) is 30.1 Å². The van der Waals surface area contributed by atoms with Crippen molar-refractivity contribution in [2.75, 3.05) is 38.7 Å². The van der Waals surface area contributed by atoms with Gasteiger partial charge in [0.15, 0.2) is 0 Å². The highest BCUT2D eigenvalue weighted by Crippen LogP contribution is 2.30. The molecule has 27 heavy (non-hydrogen) atoms. The standard InChI is InChI=1S/C20H24N4O2S/c1-26-10-8-21-19-20(22-12-15-4-2-3-5-17(15)23-19)7-9-24(14-20)18(25)16-6-11-27-13-16/h2-6,11,13,22H,7-10,12,14H2,1H3,(H,21,23)/t20-/m1/s1. The number of para-hydroxylation sites is 1. The number of carbonyl (C=O) groups excluding carboxylic acids is 1. The number of carbonyl (C=O) groups is 1. The molecule has 1 aromatic heterocycles. The van der Waals surface area contributed by atoms with Crippen LogP contribution in [0, 0.1) is 0 Å². The second kappa shape index (κ2) is 7.80. The number of rotatable bonds is 4. The van der Waals surface area contributed by atoms with E-state index in [0.29, 0.717) is 26.2 Å². The maximum absolute atomic E-state index is 12.8. The Morgan fingerprint density at radius 3 is 3.07 bits per heavy atom. The van der Waals surface area contributed by atoms with Crippen LogP contribution in [-0.2, 0) is 11.3 Å². The Morgan fingerprint density at radius 2 is 2.26 bits per heavy atom. The summed E-state index contributed by atoms with van der Waals surface area (Å²) < 4.78 is 5.17. The fourth-order valence-electron chi connectivity index (χ4n) is 3.72. The maximum Gasteiger partial charge on any atom is 0.254 e. The number of amidine groups is 1. The molecule has 1 atom stereocenters. The summed E-state index contributed by atoms with van der Waals surface area (Å²) in [5, 5.41) is 11.1. The quantitative estimate of drug-likeness (QED) is 0.796. The van der Waals surface area contributed by atoms with Crippen LogP contribution in [0.5, 0.6) is 0 Å². The van der Waals surface area contributed by atoms with Crippen molar-refractivity contribution in [2.24, 2.45) is 4.99 Å². The van der Waals surface area contributed by atoms with Crippen LogP contribution in [0.15, 0.2) is 46.1 Å². The highest BCUT2D eigenvalue weighted by Gasteiger charge is 2.45. The molecule has 2 aliphatic rings. The fourth-order valence-corrected chi connectivity index (χ4v) is 4.35. The molecular formula is C20H24N4O2S. The Balaban J connectivity index is 1.61. The lowest BCUT2D eigenvalue weighted by Gasteiger charge is -2.30. The average molecular weight is 385 g/mol. The van der Waals surface area contributed by atoms with E-state index < -0.39 is 0 Å². The minimum atomic E-state index is -0.363. The van der Waals surface area contributed by atoms with Gasteiger partial charge >= 0.3 is 0 Å². The number of nitrogens with one attached hydrogen (secondary N) is 2. The summed E-state index contributed by atoms with van der Waals surface area (Å²) in [5.41, 5.74) is 2.68. The Bertz CT molecular complexity index is 836. The van der Waals surface area contributed by atoms with Crippen molar-refractivity contribution >= 4 is 28.8 Å². The van der Waals surface area contributed by atoms with Gasteiger partial charge in [-0.15, -0.1) is 0 Å². The minimum Gasteiger partial charge on any atom is -0.383 e. The van der Waals surface area contributed by atoms with E-state index in [2.05, 4.69) is 22.8 Å². The summed E-state index contributed by atoms with van der Waals surface area (Å²) in [7, 11) is 1.68. The summed E-state index contributed by atoms with van der Waals surface area (Å²) in [5.74, 6) is 0.984. The molecule has 2 aromatic rings. The molecule has 4 rings (SSSR count). The molecule has 142 valence electrons. The SMILES string of the molecule is COCCN=C1Nc2ccccc2CN[C@@]12CCN(C(=O)c1ccsc1)C2. The van der Waals surface area contributed by atoms with E-state index in [-0.39, 0.29) is 11.4 Å². The molecule has 1 spiro atoms. The number of aliphatic imine (C=N–C) groups is 1. The number of amides is 1. The van der Waals surface area contributed by atoms with Crippen LogP contribution in [0.25, 0.3) is 0 Å². The fraction of sp³-hybridized carbons (Fsp3) is 0.400. The number of fused-ring (bicyclic) bond motifs is 1. The molecule has 0 unspecified atom stereocenters. The van der Waals surface area contributed by atoms with Crippen LogP contribution in [-0.4, -0.2) is 55.5 Å². The van der Waals surface area contributed by atoms with Gasteiger partial charge in [-0.1, -0.05) is 18.2 Å². The van der Waals surface area contributed by atoms with Crippen molar-refractivity contribution in [1.29, 1.82) is 0 Å². The Morgan fingerprint density at radius 1 is 1.37 bits per heavy atom. The zero-order valence-corrected chi connectivity index (χ0v) is 16.2. The molecule has 3 heterocycles. The molecule has 0 radical (unpaired) electrons. The number of ether oxygens (including phenoxy) is 1. The predicted octanol–water partition coefficient (Wildman–Crippen LogP) is 2.59. The first kappa shape index (κ1) is 18.2. The third-order valence-corrected chi connectivity index (χ3v) is 5.91. The highest BCUT2D eigenvalue weighted by atomic mass is 32.1. The largest absolute Gasteiger partial charge is 0.383 e. The van der Waals surface area contributed by atoms with Crippen molar-refractivity contribution in [3.63, 3.8) is 0 Å². The molecule has 1 fully saturated rings. The maximum atomic E-state index is 12.8. The summed E-state index contributed by atoms with van der Waals surface area (Å²) in [6.07, 6.45) is 0.829. The van der Waals surface area contributed by atoms with Crippen LogP contribution in [0.1, 0.15) is 22.3 Å². The van der Waals surface area contributed by atoms with E-state index in [1.165, 1.54) is 5.56 Å². The van der Waals surface area contributed by atoms with Crippen LogP contribution in [0.3, 0.4) is 0 Å². The molecule has 0 bridgehead atoms. The first-order valence-corrected chi connectivity index (χ1v) is 10.1. The van der Waals surface area contributed by atoms with Crippen molar-refractivity contribution in [3.8, 4) is 0 Å². The molecule has 1 aromatic carbocycles. The van der Waals surface area contributed by atoms with Crippen molar-refractivity contribution in [1.82, 2.24) is 10.2 Å². The van der Waals surface area contributed by atoms with Gasteiger partial charge in [0.1, 0.15) is 5.84 Å². The monoisotopic (exact) mass is 384 g/mol. The number of hydrogen-bond donors (Lipinski definition) is 2. The van der Waals surface area contributed by atoms with Gasteiger partial charge in [-0.3, -0.25) is 15.1 Å². The third kappa shape index (κ3) is 3.63. The van der Waals surface area contributed by atoms with E-state index in [1.54, 1.807) is 18.4 Å². The van der Waals surface area contributed by atoms with Crippen molar-refractivity contribution in [2.45, 2.75) is 18.5 Å². The van der Waals surface area contributed by atoms with E-state index in [1.807, 2.05) is 33.9 Å². The number of nitrogens with zero attached hydrogens (tertiary/aromatic N) is 2. The number of thiophene rings is 1. The van der Waals surface area contributed by atoms with Gasteiger partial charge < -0.3 is 15.0 Å². The summed E-state index contributed by atoms with van der Waals surface area (Å²) >= 11 is 1.55. The van der Waals surface area contributed by atoms with Gasteiger partial charge in [-0.05, 0) is 29.5 Å². The van der Waals surface area contributed by atoms with Gasteiger partial charge in [0.05, 0.1) is 24.3 Å². The number of anilines is 1. The minimum absolute atomic E-state index is 0.0907. The van der Waals surface area contributed by atoms with E-state index in [4.69, 9.17) is 9.73 Å². The summed E-state index contributed by atoms with van der Waals surface area (Å²) in [6, 6.07) is 10.1. The van der Waals surface area contributed by atoms with E-state index in [9.17, 15) is 4.79 Å². The van der Waals surface area contributed by atoms with E-state index >= 15 is 0 Å². The number of benzene rings is 1. The molecule has 1 saturated heterocycles. The van der Waals surface area contributed by atoms with Gasteiger partial charge in [-0.2, -0.15) is 11.3 Å². The lowest BCUT2D eigenvalue weighted by Crippen LogP contribution is -2.55. The first-order chi connectivity index (χ1) is 13.2. The van der Waals surface area contributed by atoms with Gasteiger partial charge in [0.25, 0.3) is 5.91 Å². The molecule has 1 amide bonds. The smallest absolute Gasteiger partial charge is 0.254 e. The van der Waals surface area contributed by atoms with Gasteiger partial charge in [0.2, 0.25) is 0 Å². The Kier molecular flexibility index (Phi) is 5.24. The normalized spacial score (nSPS) is 23.3. The third-order valence-electron chi connectivity index (χ3n) is 5.23. The molecule has 0 saturated carbocycles. The predicted molar refractivity (Wildman–Crippen MR) is 109 cm³/mol. The lowest BCUT2D eigenvalue weighted by molar-refractivity contribution is 0.0786. The first-order valence-electron chi connectivity index (χ1n) is 9.17. The second-order valence-corrected chi connectivity index (χ2v) is 7.71. The zero-order chi connectivity index (χ0) is 18.7. The lowest BCUT2D eigenvalue weighted by atomic mass is 9.96. The van der Waals surface area contributed by atoms with Gasteiger partial charge in [-0.25, -0.2) is 0 Å². The topological polar surface area (TPSA) is 66.0 Å². The van der Waals surface area contributed by atoms with Crippen LogP contribution < -0.4 is 10.6 Å². The average Bonchev–Trinajstić information content (AvgIpc) is 3.34. The molecule has 7 heteroatoms. The molecular weight excluding hydrogens is 360 g/mol. The molecule has 6 nitrogen and oxygen atoms in total. The number of hydrogen-bond acceptors (Lipinski definition) is 5. The Hall–Kier alpha value is -2.22. The zero-order valence-electron chi connectivity index (χ0n) is 15.4. The second-order valence-electron chi connectivity index (χ2n) is 6.93. The molecule has 0 aliphatic carbocycles. The summed E-state index contributed by atoms with van der Waals surface area (Å²) in [4.78, 5) is 19.6. The van der Waals surface area contributed by atoms with Crippen molar-refractivity contribution in [3.05, 3.63) is 52.2 Å². The van der Waals surface area contributed by atoms with Crippen LogP contribution in [0.4, 0.5) is 5.69 Å².